The van der Waals surface area contributed by atoms with Crippen LogP contribution in [0.1, 0.15) is 26.7 Å². The molecule has 1 atom stereocenters. The van der Waals surface area contributed by atoms with Crippen LogP contribution in [0.15, 0.2) is 40.2 Å². The van der Waals surface area contributed by atoms with Gasteiger partial charge in [0.05, 0.1) is 6.54 Å². The fourth-order valence-corrected chi connectivity index (χ4v) is 2.66. The van der Waals surface area contributed by atoms with E-state index >= 15 is 0 Å². The van der Waals surface area contributed by atoms with Gasteiger partial charge in [-0.2, -0.15) is 0 Å². The predicted octanol–water partition coefficient (Wildman–Crippen LogP) is 2.88. The molecular weight excluding hydrogens is 254 g/mol. The molecule has 4 heteroatoms. The fourth-order valence-electron chi connectivity index (χ4n) is 1.73. The van der Waals surface area contributed by atoms with Crippen molar-refractivity contribution in [2.24, 2.45) is 4.99 Å². The van der Waals surface area contributed by atoms with E-state index in [1.54, 1.807) is 0 Å². The molecule has 2 N–H and O–H groups in total. The monoisotopic (exact) mass is 277 g/mol. The highest BCUT2D eigenvalue weighted by Crippen LogP contribution is 2.22. The van der Waals surface area contributed by atoms with E-state index in [4.69, 9.17) is 0 Å². The average Bonchev–Trinajstić information content (AvgIpc) is 3.21. The largest absolute Gasteiger partial charge is 0.357 e. The molecule has 0 saturated heterocycles. The van der Waals surface area contributed by atoms with Crippen LogP contribution >= 0.6 is 11.8 Å². The third kappa shape index (κ3) is 5.55. The Kier molecular flexibility index (Phi) is 5.58. The molecule has 1 unspecified atom stereocenters. The summed E-state index contributed by atoms with van der Waals surface area (Å²) in [5.74, 6) is 0.963. The van der Waals surface area contributed by atoms with Gasteiger partial charge in [-0.25, -0.2) is 0 Å². The summed E-state index contributed by atoms with van der Waals surface area (Å²) in [5, 5.41) is 7.23. The highest BCUT2D eigenvalue weighted by atomic mass is 32.2. The van der Waals surface area contributed by atoms with Gasteiger partial charge in [-0.3, -0.25) is 4.99 Å². The first-order valence-corrected chi connectivity index (χ1v) is 7.92. The summed E-state index contributed by atoms with van der Waals surface area (Å²) in [4.78, 5) is 5.97. The van der Waals surface area contributed by atoms with E-state index < -0.39 is 0 Å². The molecule has 3 nitrogen and oxygen atoms in total. The summed E-state index contributed by atoms with van der Waals surface area (Å²) in [6.07, 6.45) is 2.55. The smallest absolute Gasteiger partial charge is 0.191 e. The molecule has 0 heterocycles. The van der Waals surface area contributed by atoms with Crippen molar-refractivity contribution in [3.63, 3.8) is 0 Å². The molecule has 0 spiro atoms. The molecular formula is C15H23N3S. The van der Waals surface area contributed by atoms with E-state index in [1.807, 2.05) is 11.8 Å². The van der Waals surface area contributed by atoms with Gasteiger partial charge >= 0.3 is 0 Å². The minimum absolute atomic E-state index is 0.483. The van der Waals surface area contributed by atoms with Crippen LogP contribution in [0.2, 0.25) is 0 Å². The second-order valence-corrected chi connectivity index (χ2v) is 6.39. The zero-order chi connectivity index (χ0) is 13.5. The minimum Gasteiger partial charge on any atom is -0.357 e. The molecule has 1 saturated carbocycles. The van der Waals surface area contributed by atoms with Gasteiger partial charge in [0.1, 0.15) is 0 Å². The van der Waals surface area contributed by atoms with Gasteiger partial charge in [0.2, 0.25) is 0 Å². The maximum absolute atomic E-state index is 4.66. The fraction of sp³-hybridized carbons (Fsp3) is 0.533. The first-order valence-electron chi connectivity index (χ1n) is 7.04. The van der Waals surface area contributed by atoms with Crippen LogP contribution in [0, 0.1) is 0 Å². The predicted molar refractivity (Wildman–Crippen MR) is 83.9 cm³/mol. The number of benzene rings is 1. The number of thioether (sulfide) groups is 1. The number of aliphatic imine (C=N–C) groups is 1. The molecule has 0 radical (unpaired) electrons. The molecule has 0 amide bonds. The van der Waals surface area contributed by atoms with Crippen LogP contribution in [0.5, 0.6) is 0 Å². The molecule has 19 heavy (non-hydrogen) atoms. The van der Waals surface area contributed by atoms with Crippen molar-refractivity contribution in [1.82, 2.24) is 10.6 Å². The van der Waals surface area contributed by atoms with Gasteiger partial charge < -0.3 is 10.6 Å². The molecule has 1 fully saturated rings. The Morgan fingerprint density at radius 2 is 2.11 bits per heavy atom. The summed E-state index contributed by atoms with van der Waals surface area (Å²) < 4.78 is 0. The minimum atomic E-state index is 0.483. The summed E-state index contributed by atoms with van der Waals surface area (Å²) >= 11 is 1.88. The molecule has 0 aliphatic heterocycles. The number of nitrogens with zero attached hydrogens (tertiary/aromatic N) is 1. The third-order valence-electron chi connectivity index (χ3n) is 2.85. The summed E-state index contributed by atoms with van der Waals surface area (Å²) in [5.41, 5.74) is 0. The molecule has 104 valence electrons. The van der Waals surface area contributed by atoms with Gasteiger partial charge in [-0.15, -0.1) is 11.8 Å². The topological polar surface area (TPSA) is 36.4 Å². The van der Waals surface area contributed by atoms with Crippen LogP contribution in [0.3, 0.4) is 0 Å². The van der Waals surface area contributed by atoms with E-state index in [-0.39, 0.29) is 0 Å². The van der Waals surface area contributed by atoms with Crippen molar-refractivity contribution in [1.29, 1.82) is 0 Å². The number of hydrogen-bond acceptors (Lipinski definition) is 2. The van der Waals surface area contributed by atoms with Crippen molar-refractivity contribution in [3.8, 4) is 0 Å². The van der Waals surface area contributed by atoms with Crippen molar-refractivity contribution in [2.75, 3.05) is 13.1 Å². The molecule has 1 aliphatic carbocycles. The van der Waals surface area contributed by atoms with E-state index in [0.29, 0.717) is 11.3 Å². The number of guanidine groups is 1. The zero-order valence-electron chi connectivity index (χ0n) is 11.7. The van der Waals surface area contributed by atoms with Crippen molar-refractivity contribution in [3.05, 3.63) is 30.3 Å². The van der Waals surface area contributed by atoms with Crippen LogP contribution in [0.25, 0.3) is 0 Å². The Labute approximate surface area is 120 Å². The summed E-state index contributed by atoms with van der Waals surface area (Å²) in [6.45, 7) is 6.08. The normalized spacial score (nSPS) is 17.1. The molecule has 2 rings (SSSR count). The Bertz CT molecular complexity index is 401. The third-order valence-corrected chi connectivity index (χ3v) is 3.95. The Hall–Kier alpha value is -1.16. The number of hydrogen-bond donors (Lipinski definition) is 2. The molecule has 1 aliphatic rings. The molecule has 1 aromatic rings. The highest BCUT2D eigenvalue weighted by molar-refractivity contribution is 8.00. The van der Waals surface area contributed by atoms with Crippen molar-refractivity contribution in [2.45, 2.75) is 42.9 Å². The maximum atomic E-state index is 4.66. The molecule has 0 aromatic heterocycles. The van der Waals surface area contributed by atoms with E-state index in [1.165, 1.54) is 17.7 Å². The quantitative estimate of drug-likeness (QED) is 0.477. The van der Waals surface area contributed by atoms with Gasteiger partial charge in [0.15, 0.2) is 5.96 Å². The first-order chi connectivity index (χ1) is 9.28. The van der Waals surface area contributed by atoms with Crippen molar-refractivity contribution >= 4 is 17.7 Å². The first kappa shape index (κ1) is 14.3. The number of rotatable bonds is 6. The Balaban J connectivity index is 1.80. The summed E-state index contributed by atoms with van der Waals surface area (Å²) in [7, 11) is 0. The van der Waals surface area contributed by atoms with E-state index in [0.717, 1.165) is 19.0 Å². The summed E-state index contributed by atoms with van der Waals surface area (Å²) in [6, 6.07) is 11.2. The average molecular weight is 277 g/mol. The Morgan fingerprint density at radius 1 is 1.37 bits per heavy atom. The van der Waals surface area contributed by atoms with E-state index in [9.17, 15) is 0 Å². The van der Waals surface area contributed by atoms with Crippen LogP contribution in [0.4, 0.5) is 0 Å². The van der Waals surface area contributed by atoms with Gasteiger partial charge in [0.25, 0.3) is 0 Å². The lowest BCUT2D eigenvalue weighted by Crippen LogP contribution is -2.38. The van der Waals surface area contributed by atoms with Crippen LogP contribution in [-0.4, -0.2) is 30.3 Å². The van der Waals surface area contributed by atoms with E-state index in [2.05, 4.69) is 59.8 Å². The van der Waals surface area contributed by atoms with Crippen molar-refractivity contribution < 1.29 is 0 Å². The van der Waals surface area contributed by atoms with Gasteiger partial charge in [0, 0.05) is 22.7 Å². The lowest BCUT2D eigenvalue weighted by molar-refractivity contribution is 0.806. The highest BCUT2D eigenvalue weighted by Gasteiger charge is 2.22. The SMILES string of the molecule is CCNC(=NCC(C)Sc1ccccc1)NC1CC1. The van der Waals surface area contributed by atoms with Gasteiger partial charge in [-0.1, -0.05) is 25.1 Å². The number of nitrogens with one attached hydrogen (secondary N) is 2. The van der Waals surface area contributed by atoms with Crippen LogP contribution in [-0.2, 0) is 0 Å². The van der Waals surface area contributed by atoms with Crippen LogP contribution < -0.4 is 10.6 Å². The zero-order valence-corrected chi connectivity index (χ0v) is 12.5. The molecule has 0 bridgehead atoms. The second-order valence-electron chi connectivity index (χ2n) is 4.88. The lowest BCUT2D eigenvalue weighted by atomic mass is 10.4. The van der Waals surface area contributed by atoms with Gasteiger partial charge in [-0.05, 0) is 31.9 Å². The second kappa shape index (κ2) is 7.43. The standard InChI is InChI=1S/C15H23N3S/c1-3-16-15(18-13-9-10-13)17-11-12(2)19-14-7-5-4-6-8-14/h4-8,12-13H,3,9-11H2,1-2H3,(H2,16,17,18). The maximum Gasteiger partial charge on any atom is 0.191 e. The molecule has 1 aromatic carbocycles. The lowest BCUT2D eigenvalue weighted by Gasteiger charge is -2.12. The Morgan fingerprint density at radius 3 is 2.74 bits per heavy atom.